The van der Waals surface area contributed by atoms with Crippen LogP contribution in [0.4, 0.5) is 5.69 Å². The molecule has 0 unspecified atom stereocenters. The third kappa shape index (κ3) is 3.02. The highest BCUT2D eigenvalue weighted by molar-refractivity contribution is 5.94. The van der Waals surface area contributed by atoms with E-state index in [1.54, 1.807) is 12.4 Å². The Morgan fingerprint density at radius 3 is 2.73 bits per heavy atom. The lowest BCUT2D eigenvalue weighted by Crippen LogP contribution is -2.37. The van der Waals surface area contributed by atoms with Gasteiger partial charge in [0.25, 0.3) is 0 Å². The number of amides is 1. The van der Waals surface area contributed by atoms with Crippen molar-refractivity contribution in [1.29, 1.82) is 0 Å². The molecule has 4 nitrogen and oxygen atoms in total. The van der Waals surface area contributed by atoms with E-state index < -0.39 is 5.41 Å². The van der Waals surface area contributed by atoms with Crippen molar-refractivity contribution >= 4 is 11.6 Å². The molecule has 0 aliphatic carbocycles. The summed E-state index contributed by atoms with van der Waals surface area (Å²) >= 11 is 0. The number of hydrogen-bond donors (Lipinski definition) is 2. The van der Waals surface area contributed by atoms with Crippen molar-refractivity contribution in [2.24, 2.45) is 11.1 Å². The van der Waals surface area contributed by atoms with Gasteiger partial charge in [0.05, 0.1) is 17.3 Å². The summed E-state index contributed by atoms with van der Waals surface area (Å²) in [5, 5.41) is 2.79. The molecule has 0 saturated heterocycles. The Hall–Kier alpha value is -1.42. The summed E-state index contributed by atoms with van der Waals surface area (Å²) in [5.74, 6) is -0.0857. The molecule has 1 aromatic rings. The Kier molecular flexibility index (Phi) is 3.42. The SMILES string of the molecule is Cc1cncc(NC(=O)C(C)(C)CN)c1. The topological polar surface area (TPSA) is 68.0 Å². The second kappa shape index (κ2) is 4.40. The summed E-state index contributed by atoms with van der Waals surface area (Å²) in [6, 6.07) is 1.87. The highest BCUT2D eigenvalue weighted by Crippen LogP contribution is 2.16. The summed E-state index contributed by atoms with van der Waals surface area (Å²) in [5.41, 5.74) is 6.68. The number of rotatable bonds is 3. The van der Waals surface area contributed by atoms with Gasteiger partial charge < -0.3 is 11.1 Å². The van der Waals surface area contributed by atoms with Crippen LogP contribution in [0, 0.1) is 12.3 Å². The summed E-state index contributed by atoms with van der Waals surface area (Å²) in [6.07, 6.45) is 3.36. The number of anilines is 1. The number of aromatic nitrogens is 1. The molecule has 1 amide bonds. The van der Waals surface area contributed by atoms with Crippen LogP contribution in [0.3, 0.4) is 0 Å². The van der Waals surface area contributed by atoms with Gasteiger partial charge in [0.2, 0.25) is 5.91 Å². The van der Waals surface area contributed by atoms with Crippen molar-refractivity contribution in [3.05, 3.63) is 24.0 Å². The number of carbonyl (C=O) groups is 1. The van der Waals surface area contributed by atoms with Gasteiger partial charge in [0.1, 0.15) is 0 Å². The normalized spacial score (nSPS) is 11.2. The zero-order chi connectivity index (χ0) is 11.5. The third-order valence-electron chi connectivity index (χ3n) is 2.26. The number of nitrogens with zero attached hydrogens (tertiary/aromatic N) is 1. The monoisotopic (exact) mass is 207 g/mol. The number of nitrogens with one attached hydrogen (secondary N) is 1. The zero-order valence-electron chi connectivity index (χ0n) is 9.37. The molecule has 1 heterocycles. The molecule has 0 saturated carbocycles. The van der Waals surface area contributed by atoms with Crippen LogP contribution in [0.1, 0.15) is 19.4 Å². The Morgan fingerprint density at radius 2 is 2.20 bits per heavy atom. The fraction of sp³-hybridized carbons (Fsp3) is 0.455. The van der Waals surface area contributed by atoms with E-state index in [9.17, 15) is 4.79 Å². The first-order valence-electron chi connectivity index (χ1n) is 4.89. The van der Waals surface area contributed by atoms with Crippen molar-refractivity contribution in [2.45, 2.75) is 20.8 Å². The molecule has 0 radical (unpaired) electrons. The lowest BCUT2D eigenvalue weighted by Gasteiger charge is -2.21. The minimum absolute atomic E-state index is 0.0857. The van der Waals surface area contributed by atoms with E-state index in [0.29, 0.717) is 12.2 Å². The fourth-order valence-corrected chi connectivity index (χ4v) is 1.02. The van der Waals surface area contributed by atoms with E-state index in [2.05, 4.69) is 10.3 Å². The van der Waals surface area contributed by atoms with Gasteiger partial charge in [-0.05, 0) is 32.4 Å². The zero-order valence-corrected chi connectivity index (χ0v) is 9.37. The van der Waals surface area contributed by atoms with Crippen LogP contribution in [0.5, 0.6) is 0 Å². The lowest BCUT2D eigenvalue weighted by molar-refractivity contribution is -0.123. The average molecular weight is 207 g/mol. The molecule has 0 bridgehead atoms. The Balaban J connectivity index is 2.75. The van der Waals surface area contributed by atoms with Crippen molar-refractivity contribution < 1.29 is 4.79 Å². The first-order chi connectivity index (χ1) is 6.95. The first kappa shape index (κ1) is 11.7. The average Bonchev–Trinajstić information content (AvgIpc) is 2.17. The molecule has 15 heavy (non-hydrogen) atoms. The molecule has 0 spiro atoms. The van der Waals surface area contributed by atoms with Crippen LogP contribution in [0.15, 0.2) is 18.5 Å². The summed E-state index contributed by atoms with van der Waals surface area (Å²) < 4.78 is 0. The fourth-order valence-electron chi connectivity index (χ4n) is 1.02. The molecule has 1 aromatic heterocycles. The summed E-state index contributed by atoms with van der Waals surface area (Å²) in [4.78, 5) is 15.8. The number of nitrogens with two attached hydrogens (primary N) is 1. The molecular weight excluding hydrogens is 190 g/mol. The molecule has 4 heteroatoms. The van der Waals surface area contributed by atoms with Gasteiger partial charge in [0.15, 0.2) is 0 Å². The van der Waals surface area contributed by atoms with E-state index in [-0.39, 0.29) is 5.91 Å². The molecule has 0 atom stereocenters. The van der Waals surface area contributed by atoms with Crippen molar-refractivity contribution in [3.8, 4) is 0 Å². The number of pyridine rings is 1. The molecule has 0 aromatic carbocycles. The molecule has 0 aliphatic rings. The molecule has 0 fully saturated rings. The molecule has 82 valence electrons. The van der Waals surface area contributed by atoms with Gasteiger partial charge in [-0.2, -0.15) is 0 Å². The first-order valence-corrected chi connectivity index (χ1v) is 4.89. The van der Waals surface area contributed by atoms with Crippen molar-refractivity contribution in [1.82, 2.24) is 4.98 Å². The number of carbonyl (C=O) groups excluding carboxylic acids is 1. The maximum Gasteiger partial charge on any atom is 0.231 e. The third-order valence-corrected chi connectivity index (χ3v) is 2.26. The van der Waals surface area contributed by atoms with Gasteiger partial charge in [-0.1, -0.05) is 0 Å². The van der Waals surface area contributed by atoms with E-state index >= 15 is 0 Å². The number of hydrogen-bond acceptors (Lipinski definition) is 3. The Morgan fingerprint density at radius 1 is 1.53 bits per heavy atom. The van der Waals surface area contributed by atoms with Crippen molar-refractivity contribution in [2.75, 3.05) is 11.9 Å². The van der Waals surface area contributed by atoms with Crippen LogP contribution in [0.25, 0.3) is 0 Å². The second-order valence-corrected chi connectivity index (χ2v) is 4.29. The lowest BCUT2D eigenvalue weighted by atomic mass is 9.92. The molecular formula is C11H17N3O. The minimum Gasteiger partial charge on any atom is -0.329 e. The number of aryl methyl sites for hydroxylation is 1. The standard InChI is InChI=1S/C11H17N3O/c1-8-4-9(6-13-5-8)14-10(15)11(2,3)7-12/h4-6H,7,12H2,1-3H3,(H,14,15). The van der Waals surface area contributed by atoms with Crippen LogP contribution >= 0.6 is 0 Å². The van der Waals surface area contributed by atoms with E-state index in [1.807, 2.05) is 26.8 Å². The van der Waals surface area contributed by atoms with Crippen LogP contribution in [0.2, 0.25) is 0 Å². The van der Waals surface area contributed by atoms with Gasteiger partial charge in [-0.15, -0.1) is 0 Å². The quantitative estimate of drug-likeness (QED) is 0.785. The smallest absolute Gasteiger partial charge is 0.231 e. The van der Waals surface area contributed by atoms with Gasteiger partial charge >= 0.3 is 0 Å². The highest BCUT2D eigenvalue weighted by atomic mass is 16.2. The predicted molar refractivity (Wildman–Crippen MR) is 60.4 cm³/mol. The largest absolute Gasteiger partial charge is 0.329 e. The van der Waals surface area contributed by atoms with Crippen LogP contribution in [-0.4, -0.2) is 17.4 Å². The predicted octanol–water partition coefficient (Wildman–Crippen LogP) is 1.31. The van der Waals surface area contributed by atoms with E-state index in [1.165, 1.54) is 0 Å². The maximum absolute atomic E-state index is 11.8. The minimum atomic E-state index is -0.552. The molecule has 0 aliphatic heterocycles. The van der Waals surface area contributed by atoms with Gasteiger partial charge in [-0.25, -0.2) is 0 Å². The second-order valence-electron chi connectivity index (χ2n) is 4.29. The van der Waals surface area contributed by atoms with Crippen LogP contribution < -0.4 is 11.1 Å². The molecule has 3 N–H and O–H groups in total. The van der Waals surface area contributed by atoms with Gasteiger partial charge in [0, 0.05) is 12.7 Å². The Bertz CT molecular complexity index is 361. The van der Waals surface area contributed by atoms with E-state index in [0.717, 1.165) is 5.56 Å². The van der Waals surface area contributed by atoms with Crippen LogP contribution in [-0.2, 0) is 4.79 Å². The highest BCUT2D eigenvalue weighted by Gasteiger charge is 2.25. The van der Waals surface area contributed by atoms with Gasteiger partial charge in [-0.3, -0.25) is 9.78 Å². The Labute approximate surface area is 89.9 Å². The van der Waals surface area contributed by atoms with E-state index in [4.69, 9.17) is 5.73 Å². The van der Waals surface area contributed by atoms with Crippen molar-refractivity contribution in [3.63, 3.8) is 0 Å². The summed E-state index contributed by atoms with van der Waals surface area (Å²) in [7, 11) is 0. The maximum atomic E-state index is 11.8. The molecule has 1 rings (SSSR count). The summed E-state index contributed by atoms with van der Waals surface area (Å²) in [6.45, 7) is 5.87.